The standard InChI is InChI=1S/C16H23NO4/c1-4-17(10-9-16(19)20)15(18)11-21-14-7-5-13(6-8-14)12(2)3/h5-8,12H,4,9-11H2,1-3H3,(H,19,20). The summed E-state index contributed by atoms with van der Waals surface area (Å²) in [4.78, 5) is 24.0. The Labute approximate surface area is 125 Å². The normalized spacial score (nSPS) is 10.5. The van der Waals surface area contributed by atoms with Gasteiger partial charge in [-0.25, -0.2) is 0 Å². The molecule has 0 fully saturated rings. The van der Waals surface area contributed by atoms with Gasteiger partial charge >= 0.3 is 5.97 Å². The number of nitrogens with zero attached hydrogens (tertiary/aromatic N) is 1. The minimum Gasteiger partial charge on any atom is -0.484 e. The first-order valence-electron chi connectivity index (χ1n) is 7.16. The maximum atomic E-state index is 11.9. The monoisotopic (exact) mass is 293 g/mol. The first-order valence-corrected chi connectivity index (χ1v) is 7.16. The Morgan fingerprint density at radius 3 is 2.33 bits per heavy atom. The van der Waals surface area contributed by atoms with Gasteiger partial charge in [0.2, 0.25) is 0 Å². The van der Waals surface area contributed by atoms with Crippen LogP contribution in [-0.2, 0) is 9.59 Å². The summed E-state index contributed by atoms with van der Waals surface area (Å²) in [7, 11) is 0. The van der Waals surface area contributed by atoms with Crippen LogP contribution in [-0.4, -0.2) is 41.6 Å². The van der Waals surface area contributed by atoms with E-state index in [0.29, 0.717) is 18.2 Å². The first-order chi connectivity index (χ1) is 9.93. The van der Waals surface area contributed by atoms with Crippen molar-refractivity contribution in [1.82, 2.24) is 4.90 Å². The van der Waals surface area contributed by atoms with Gasteiger partial charge < -0.3 is 14.7 Å². The van der Waals surface area contributed by atoms with Crippen molar-refractivity contribution in [3.8, 4) is 5.75 Å². The third-order valence-corrected chi connectivity index (χ3v) is 3.24. The van der Waals surface area contributed by atoms with E-state index in [-0.39, 0.29) is 25.5 Å². The van der Waals surface area contributed by atoms with Crippen LogP contribution in [0.15, 0.2) is 24.3 Å². The molecule has 0 radical (unpaired) electrons. The molecule has 0 aliphatic heterocycles. The van der Waals surface area contributed by atoms with E-state index in [1.807, 2.05) is 31.2 Å². The van der Waals surface area contributed by atoms with Gasteiger partial charge in [-0.1, -0.05) is 26.0 Å². The minimum atomic E-state index is -0.911. The number of aliphatic carboxylic acids is 1. The number of carbonyl (C=O) groups is 2. The van der Waals surface area contributed by atoms with Gasteiger partial charge in [-0.05, 0) is 30.5 Å². The van der Waals surface area contributed by atoms with Crippen molar-refractivity contribution in [2.75, 3.05) is 19.7 Å². The van der Waals surface area contributed by atoms with Crippen LogP contribution in [0.2, 0.25) is 0 Å². The predicted octanol–water partition coefficient (Wildman–Crippen LogP) is 2.51. The molecule has 0 aromatic heterocycles. The summed E-state index contributed by atoms with van der Waals surface area (Å²) in [5.41, 5.74) is 1.21. The van der Waals surface area contributed by atoms with Crippen LogP contribution in [0.4, 0.5) is 0 Å². The molecule has 0 aliphatic carbocycles. The van der Waals surface area contributed by atoms with Crippen molar-refractivity contribution in [3.63, 3.8) is 0 Å². The van der Waals surface area contributed by atoms with Gasteiger partial charge in [-0.2, -0.15) is 0 Å². The van der Waals surface area contributed by atoms with E-state index in [9.17, 15) is 9.59 Å². The highest BCUT2D eigenvalue weighted by Crippen LogP contribution is 2.18. The summed E-state index contributed by atoms with van der Waals surface area (Å²) in [6.45, 7) is 6.65. The van der Waals surface area contributed by atoms with E-state index < -0.39 is 5.97 Å². The van der Waals surface area contributed by atoms with Crippen LogP contribution in [0, 0.1) is 0 Å². The highest BCUT2D eigenvalue weighted by atomic mass is 16.5. The fourth-order valence-corrected chi connectivity index (χ4v) is 1.88. The smallest absolute Gasteiger partial charge is 0.305 e. The Bertz CT molecular complexity index is 468. The Kier molecular flexibility index (Phi) is 6.72. The number of benzene rings is 1. The zero-order valence-corrected chi connectivity index (χ0v) is 12.8. The number of carbonyl (C=O) groups excluding carboxylic acids is 1. The summed E-state index contributed by atoms with van der Waals surface area (Å²) in [5, 5.41) is 8.65. The lowest BCUT2D eigenvalue weighted by molar-refractivity contribution is -0.139. The fraction of sp³-hybridized carbons (Fsp3) is 0.500. The number of amides is 1. The number of rotatable bonds is 8. The van der Waals surface area contributed by atoms with Crippen molar-refractivity contribution in [2.45, 2.75) is 33.1 Å². The molecule has 116 valence electrons. The number of ether oxygens (including phenoxy) is 1. The topological polar surface area (TPSA) is 66.8 Å². The fourth-order valence-electron chi connectivity index (χ4n) is 1.88. The average molecular weight is 293 g/mol. The van der Waals surface area contributed by atoms with E-state index in [4.69, 9.17) is 9.84 Å². The van der Waals surface area contributed by atoms with E-state index in [1.54, 1.807) is 0 Å². The summed E-state index contributed by atoms with van der Waals surface area (Å²) in [6.07, 6.45) is -0.0529. The van der Waals surface area contributed by atoms with Gasteiger partial charge in [0, 0.05) is 13.1 Å². The Morgan fingerprint density at radius 2 is 1.86 bits per heavy atom. The van der Waals surface area contributed by atoms with Crippen molar-refractivity contribution in [3.05, 3.63) is 29.8 Å². The van der Waals surface area contributed by atoms with E-state index in [0.717, 1.165) is 0 Å². The second-order valence-corrected chi connectivity index (χ2v) is 5.13. The first kappa shape index (κ1) is 17.0. The van der Waals surface area contributed by atoms with Crippen LogP contribution in [0.3, 0.4) is 0 Å². The predicted molar refractivity (Wildman–Crippen MR) is 80.5 cm³/mol. The van der Waals surface area contributed by atoms with E-state index in [1.165, 1.54) is 10.5 Å². The number of hydrogen-bond donors (Lipinski definition) is 1. The summed E-state index contributed by atoms with van der Waals surface area (Å²) in [5.74, 6) is -0.0209. The number of carboxylic acids is 1. The lowest BCUT2D eigenvalue weighted by atomic mass is 10.0. The quantitative estimate of drug-likeness (QED) is 0.799. The lowest BCUT2D eigenvalue weighted by Gasteiger charge is -2.20. The molecule has 1 aromatic rings. The Balaban J connectivity index is 2.48. The highest BCUT2D eigenvalue weighted by Gasteiger charge is 2.13. The molecule has 21 heavy (non-hydrogen) atoms. The maximum Gasteiger partial charge on any atom is 0.305 e. The molecule has 0 atom stereocenters. The van der Waals surface area contributed by atoms with Crippen molar-refractivity contribution >= 4 is 11.9 Å². The molecule has 0 saturated carbocycles. The molecule has 1 aromatic carbocycles. The second-order valence-electron chi connectivity index (χ2n) is 5.13. The summed E-state index contributed by atoms with van der Waals surface area (Å²) < 4.78 is 5.45. The number of likely N-dealkylation sites (N-methyl/N-ethyl adjacent to an activating group) is 1. The van der Waals surface area contributed by atoms with Gasteiger partial charge in [0.05, 0.1) is 6.42 Å². The zero-order valence-electron chi connectivity index (χ0n) is 12.8. The van der Waals surface area contributed by atoms with Crippen molar-refractivity contribution in [2.24, 2.45) is 0 Å². The number of hydrogen-bond acceptors (Lipinski definition) is 3. The molecule has 5 heteroatoms. The van der Waals surface area contributed by atoms with Crippen LogP contribution in [0.25, 0.3) is 0 Å². The van der Waals surface area contributed by atoms with Crippen LogP contribution >= 0.6 is 0 Å². The van der Waals surface area contributed by atoms with Crippen molar-refractivity contribution < 1.29 is 19.4 Å². The lowest BCUT2D eigenvalue weighted by Crippen LogP contribution is -2.36. The Morgan fingerprint density at radius 1 is 1.24 bits per heavy atom. The third-order valence-electron chi connectivity index (χ3n) is 3.24. The average Bonchev–Trinajstić information content (AvgIpc) is 2.45. The SMILES string of the molecule is CCN(CCC(=O)O)C(=O)COc1ccc(C(C)C)cc1. The van der Waals surface area contributed by atoms with Crippen LogP contribution in [0.1, 0.15) is 38.7 Å². The Hall–Kier alpha value is -2.04. The number of carboxylic acid groups (broad SMARTS) is 1. The van der Waals surface area contributed by atoms with E-state index in [2.05, 4.69) is 13.8 Å². The molecule has 1 amide bonds. The molecular formula is C16H23NO4. The molecular weight excluding hydrogens is 270 g/mol. The van der Waals surface area contributed by atoms with Gasteiger partial charge in [0.1, 0.15) is 5.75 Å². The van der Waals surface area contributed by atoms with Crippen LogP contribution in [0.5, 0.6) is 5.75 Å². The molecule has 0 bridgehead atoms. The molecule has 0 saturated heterocycles. The molecule has 0 unspecified atom stereocenters. The molecule has 1 rings (SSSR count). The van der Waals surface area contributed by atoms with Gasteiger partial charge in [-0.15, -0.1) is 0 Å². The molecule has 0 spiro atoms. The molecule has 0 heterocycles. The third kappa shape index (κ3) is 5.85. The molecule has 1 N–H and O–H groups in total. The van der Waals surface area contributed by atoms with Crippen LogP contribution < -0.4 is 4.74 Å². The molecule has 5 nitrogen and oxygen atoms in total. The maximum absolute atomic E-state index is 11.9. The van der Waals surface area contributed by atoms with Gasteiger partial charge in [-0.3, -0.25) is 9.59 Å². The largest absolute Gasteiger partial charge is 0.484 e. The zero-order chi connectivity index (χ0) is 15.8. The van der Waals surface area contributed by atoms with Gasteiger partial charge in [0.25, 0.3) is 5.91 Å². The summed E-state index contributed by atoms with van der Waals surface area (Å²) in [6, 6.07) is 7.64. The van der Waals surface area contributed by atoms with Gasteiger partial charge in [0.15, 0.2) is 6.61 Å². The highest BCUT2D eigenvalue weighted by molar-refractivity contribution is 5.78. The van der Waals surface area contributed by atoms with E-state index >= 15 is 0 Å². The molecule has 0 aliphatic rings. The second kappa shape index (κ2) is 8.29. The minimum absolute atomic E-state index is 0.0529. The van der Waals surface area contributed by atoms with Crippen molar-refractivity contribution in [1.29, 1.82) is 0 Å². The summed E-state index contributed by atoms with van der Waals surface area (Å²) >= 11 is 0.